The molecule has 2 amide bonds. The number of hydrogen-bond donors (Lipinski definition) is 1. The van der Waals surface area contributed by atoms with Gasteiger partial charge in [-0.25, -0.2) is 9.18 Å². The second kappa shape index (κ2) is 6.77. The molecule has 1 aromatic rings. The minimum absolute atomic E-state index is 0.0325. The number of benzene rings is 1. The van der Waals surface area contributed by atoms with Crippen molar-refractivity contribution in [3.63, 3.8) is 0 Å². The minimum Gasteiger partial charge on any atom is -0.351 e. The maximum absolute atomic E-state index is 13.3. The van der Waals surface area contributed by atoms with Crippen molar-refractivity contribution in [2.75, 3.05) is 6.54 Å². The van der Waals surface area contributed by atoms with Crippen LogP contribution in [-0.2, 0) is 10.8 Å². The SMILES string of the molecule is Cc1cc(F)ccc1C1CC(S(=O)C(C)C)CCN1C(N)=O. The third-order valence-corrected chi connectivity index (χ3v) is 6.24. The molecule has 2 rings (SSSR count). The summed E-state index contributed by atoms with van der Waals surface area (Å²) in [5.74, 6) is -0.301. The van der Waals surface area contributed by atoms with E-state index in [0.717, 1.165) is 11.1 Å². The van der Waals surface area contributed by atoms with E-state index in [-0.39, 0.29) is 22.4 Å². The van der Waals surface area contributed by atoms with E-state index in [0.29, 0.717) is 19.4 Å². The molecule has 0 aromatic heterocycles. The smallest absolute Gasteiger partial charge is 0.315 e. The average molecular weight is 326 g/mol. The van der Waals surface area contributed by atoms with Crippen LogP contribution in [0.15, 0.2) is 18.2 Å². The van der Waals surface area contributed by atoms with E-state index in [1.54, 1.807) is 11.0 Å². The van der Waals surface area contributed by atoms with Gasteiger partial charge in [0.1, 0.15) is 5.82 Å². The minimum atomic E-state index is -0.945. The number of aryl methyl sites for hydroxylation is 1. The standard InChI is InChI=1S/C16H23FN2O2S/c1-10(2)22(21)13-6-7-19(16(18)20)15(9-13)14-5-4-12(17)8-11(14)3/h4-5,8,10,13,15H,6-7,9H2,1-3H3,(H2,18,20). The number of halogens is 1. The van der Waals surface area contributed by atoms with Crippen LogP contribution < -0.4 is 5.73 Å². The second-order valence-corrected chi connectivity index (χ2v) is 8.34. The van der Waals surface area contributed by atoms with Gasteiger partial charge in [-0.1, -0.05) is 19.9 Å². The Labute approximate surface area is 133 Å². The van der Waals surface area contributed by atoms with Gasteiger partial charge in [0.05, 0.1) is 6.04 Å². The van der Waals surface area contributed by atoms with Crippen molar-refractivity contribution in [3.8, 4) is 0 Å². The molecule has 4 nitrogen and oxygen atoms in total. The van der Waals surface area contributed by atoms with E-state index < -0.39 is 16.8 Å². The van der Waals surface area contributed by atoms with Crippen LogP contribution in [-0.4, -0.2) is 32.2 Å². The summed E-state index contributed by atoms with van der Waals surface area (Å²) in [7, 11) is -0.945. The van der Waals surface area contributed by atoms with Crippen molar-refractivity contribution < 1.29 is 13.4 Å². The predicted octanol–water partition coefficient (Wildman–Crippen LogP) is 2.88. The molecule has 2 N–H and O–H groups in total. The number of nitrogens with zero attached hydrogens (tertiary/aromatic N) is 1. The van der Waals surface area contributed by atoms with E-state index in [2.05, 4.69) is 0 Å². The van der Waals surface area contributed by atoms with Crippen LogP contribution in [0.25, 0.3) is 0 Å². The molecule has 0 aliphatic carbocycles. The molecule has 0 saturated carbocycles. The van der Waals surface area contributed by atoms with Crippen LogP contribution in [0.1, 0.15) is 43.9 Å². The fourth-order valence-corrected chi connectivity index (χ4v) is 4.58. The van der Waals surface area contributed by atoms with Crippen molar-refractivity contribution in [1.29, 1.82) is 0 Å². The molecule has 1 heterocycles. The fourth-order valence-electron chi connectivity index (χ4n) is 3.10. The van der Waals surface area contributed by atoms with Crippen molar-refractivity contribution >= 4 is 16.8 Å². The summed E-state index contributed by atoms with van der Waals surface area (Å²) in [4.78, 5) is 13.3. The molecule has 0 radical (unpaired) electrons. The van der Waals surface area contributed by atoms with Gasteiger partial charge in [-0.3, -0.25) is 4.21 Å². The number of carbonyl (C=O) groups excluding carboxylic acids is 1. The number of hydrogen-bond acceptors (Lipinski definition) is 2. The lowest BCUT2D eigenvalue weighted by Gasteiger charge is -2.39. The van der Waals surface area contributed by atoms with Crippen LogP contribution in [0, 0.1) is 12.7 Å². The number of piperidine rings is 1. The van der Waals surface area contributed by atoms with Gasteiger partial charge in [-0.2, -0.15) is 0 Å². The first kappa shape index (κ1) is 16.9. The van der Waals surface area contributed by atoms with Gasteiger partial charge < -0.3 is 10.6 Å². The molecule has 1 saturated heterocycles. The van der Waals surface area contributed by atoms with Crippen molar-refractivity contribution in [1.82, 2.24) is 4.90 Å². The van der Waals surface area contributed by atoms with E-state index in [4.69, 9.17) is 5.73 Å². The van der Waals surface area contributed by atoms with E-state index in [1.807, 2.05) is 20.8 Å². The van der Waals surface area contributed by atoms with Gasteiger partial charge in [0.2, 0.25) is 0 Å². The lowest BCUT2D eigenvalue weighted by atomic mass is 9.92. The summed E-state index contributed by atoms with van der Waals surface area (Å²) in [5, 5.41) is 0.116. The molecule has 1 fully saturated rings. The molecule has 0 bridgehead atoms. The van der Waals surface area contributed by atoms with E-state index >= 15 is 0 Å². The van der Waals surface area contributed by atoms with E-state index in [9.17, 15) is 13.4 Å². The van der Waals surface area contributed by atoms with Crippen LogP contribution in [0.4, 0.5) is 9.18 Å². The molecular weight excluding hydrogens is 303 g/mol. The third-order valence-electron chi connectivity index (χ3n) is 4.22. The fraction of sp³-hybridized carbons (Fsp3) is 0.562. The Morgan fingerprint density at radius 3 is 2.68 bits per heavy atom. The number of primary amides is 1. The molecule has 6 heteroatoms. The Balaban J connectivity index is 2.33. The molecule has 1 aromatic carbocycles. The zero-order chi connectivity index (χ0) is 16.4. The Hall–Kier alpha value is -1.43. The number of nitrogens with two attached hydrogens (primary N) is 1. The lowest BCUT2D eigenvalue weighted by Crippen LogP contribution is -2.46. The van der Waals surface area contributed by atoms with Crippen molar-refractivity contribution in [2.45, 2.75) is 50.2 Å². The quantitative estimate of drug-likeness (QED) is 0.928. The second-order valence-electron chi connectivity index (χ2n) is 6.07. The zero-order valence-corrected chi connectivity index (χ0v) is 14.0. The van der Waals surface area contributed by atoms with Crippen molar-refractivity contribution in [3.05, 3.63) is 35.1 Å². The first-order valence-corrected chi connectivity index (χ1v) is 8.80. The zero-order valence-electron chi connectivity index (χ0n) is 13.2. The number of likely N-dealkylation sites (tertiary alicyclic amines) is 1. The van der Waals surface area contributed by atoms with Gasteiger partial charge in [0.15, 0.2) is 0 Å². The monoisotopic (exact) mass is 326 g/mol. The Morgan fingerprint density at radius 1 is 1.45 bits per heavy atom. The summed E-state index contributed by atoms with van der Waals surface area (Å²) < 4.78 is 25.7. The van der Waals surface area contributed by atoms with Crippen LogP contribution >= 0.6 is 0 Å². The Bertz CT molecular complexity index is 592. The average Bonchev–Trinajstić information content (AvgIpc) is 2.45. The summed E-state index contributed by atoms with van der Waals surface area (Å²) in [5.41, 5.74) is 7.16. The molecule has 0 spiro atoms. The van der Waals surface area contributed by atoms with Gasteiger partial charge in [0.25, 0.3) is 0 Å². The normalized spacial score (nSPS) is 23.6. The molecule has 22 heavy (non-hydrogen) atoms. The predicted molar refractivity (Wildman–Crippen MR) is 86.5 cm³/mol. The highest BCUT2D eigenvalue weighted by molar-refractivity contribution is 7.86. The Kier molecular flexibility index (Phi) is 5.21. The summed E-state index contributed by atoms with van der Waals surface area (Å²) in [6, 6.07) is 3.83. The molecule has 1 aliphatic heterocycles. The number of urea groups is 1. The van der Waals surface area contributed by atoms with Gasteiger partial charge >= 0.3 is 6.03 Å². The highest BCUT2D eigenvalue weighted by Crippen LogP contribution is 2.35. The first-order valence-electron chi connectivity index (χ1n) is 7.52. The first-order chi connectivity index (χ1) is 10.3. The highest BCUT2D eigenvalue weighted by Gasteiger charge is 2.35. The van der Waals surface area contributed by atoms with Crippen LogP contribution in [0.2, 0.25) is 0 Å². The topological polar surface area (TPSA) is 63.4 Å². The maximum Gasteiger partial charge on any atom is 0.315 e. The number of carbonyl (C=O) groups is 1. The number of rotatable bonds is 3. The van der Waals surface area contributed by atoms with E-state index in [1.165, 1.54) is 12.1 Å². The summed E-state index contributed by atoms with van der Waals surface area (Å²) in [6.45, 7) is 6.18. The molecule has 3 unspecified atom stereocenters. The molecule has 3 atom stereocenters. The molecule has 1 aliphatic rings. The highest BCUT2D eigenvalue weighted by atomic mass is 32.2. The molecule has 122 valence electrons. The van der Waals surface area contributed by atoms with Gasteiger partial charge in [0, 0.05) is 27.8 Å². The lowest BCUT2D eigenvalue weighted by molar-refractivity contribution is 0.161. The van der Waals surface area contributed by atoms with Gasteiger partial charge in [-0.15, -0.1) is 0 Å². The summed E-state index contributed by atoms with van der Waals surface area (Å²) >= 11 is 0. The maximum atomic E-state index is 13.3. The van der Waals surface area contributed by atoms with Gasteiger partial charge in [-0.05, 0) is 43.0 Å². The third kappa shape index (κ3) is 3.48. The number of amides is 2. The van der Waals surface area contributed by atoms with Crippen molar-refractivity contribution in [2.24, 2.45) is 5.73 Å². The molecular formula is C16H23FN2O2S. The Morgan fingerprint density at radius 2 is 2.14 bits per heavy atom. The largest absolute Gasteiger partial charge is 0.351 e. The summed E-state index contributed by atoms with van der Waals surface area (Å²) in [6.07, 6.45) is 1.28. The van der Waals surface area contributed by atoms with Crippen LogP contribution in [0.3, 0.4) is 0 Å². The van der Waals surface area contributed by atoms with Crippen LogP contribution in [0.5, 0.6) is 0 Å².